The zero-order valence-electron chi connectivity index (χ0n) is 11.4. The Labute approximate surface area is 131 Å². The van der Waals surface area contributed by atoms with Gasteiger partial charge in [0.25, 0.3) is 5.91 Å². The molecule has 1 amide bonds. The number of halogens is 1. The van der Waals surface area contributed by atoms with E-state index in [2.05, 4.69) is 31.4 Å². The molecular formula is C15H14BrN3O2. The van der Waals surface area contributed by atoms with Gasteiger partial charge in [-0.25, -0.2) is 5.43 Å². The fraction of sp³-hybridized carbons (Fsp3) is 0.133. The summed E-state index contributed by atoms with van der Waals surface area (Å²) < 4.78 is 6.42. The topological polar surface area (TPSA) is 63.6 Å². The van der Waals surface area contributed by atoms with Gasteiger partial charge in [0.05, 0.1) is 6.21 Å². The molecule has 1 aromatic heterocycles. The van der Waals surface area contributed by atoms with Gasteiger partial charge in [-0.2, -0.15) is 5.10 Å². The summed E-state index contributed by atoms with van der Waals surface area (Å²) >= 11 is 3.35. The van der Waals surface area contributed by atoms with E-state index in [0.29, 0.717) is 5.75 Å². The van der Waals surface area contributed by atoms with Gasteiger partial charge in [-0.05, 0) is 31.2 Å². The molecule has 1 heterocycles. The number of amides is 1. The Balaban J connectivity index is 1.87. The van der Waals surface area contributed by atoms with Crippen molar-refractivity contribution in [3.8, 4) is 5.75 Å². The second kappa shape index (κ2) is 7.54. The molecule has 0 spiro atoms. The van der Waals surface area contributed by atoms with E-state index < -0.39 is 6.10 Å². The van der Waals surface area contributed by atoms with Gasteiger partial charge in [0, 0.05) is 22.4 Å². The van der Waals surface area contributed by atoms with E-state index in [1.54, 1.807) is 37.5 Å². The van der Waals surface area contributed by atoms with Crippen LogP contribution >= 0.6 is 15.9 Å². The summed E-state index contributed by atoms with van der Waals surface area (Å²) in [5.41, 5.74) is 3.24. The SMILES string of the molecule is C[C@H](Oc1cccc(Br)c1)C(=O)N/N=C\c1cccnc1. The molecule has 6 heteroatoms. The van der Waals surface area contributed by atoms with Crippen LogP contribution in [0.4, 0.5) is 0 Å². The van der Waals surface area contributed by atoms with Crippen molar-refractivity contribution in [1.82, 2.24) is 10.4 Å². The maximum absolute atomic E-state index is 11.8. The van der Waals surface area contributed by atoms with E-state index in [9.17, 15) is 4.79 Å². The number of hydrogen-bond acceptors (Lipinski definition) is 4. The minimum Gasteiger partial charge on any atom is -0.481 e. The van der Waals surface area contributed by atoms with Crippen molar-refractivity contribution in [2.75, 3.05) is 0 Å². The Bertz CT molecular complexity index is 632. The van der Waals surface area contributed by atoms with Gasteiger partial charge >= 0.3 is 0 Å². The lowest BCUT2D eigenvalue weighted by atomic mass is 10.3. The predicted molar refractivity (Wildman–Crippen MR) is 84.2 cm³/mol. The first-order valence-electron chi connectivity index (χ1n) is 6.30. The van der Waals surface area contributed by atoms with Crippen LogP contribution in [0.3, 0.4) is 0 Å². The first kappa shape index (κ1) is 15.2. The number of nitrogens with one attached hydrogen (secondary N) is 1. The van der Waals surface area contributed by atoms with Gasteiger partial charge in [-0.3, -0.25) is 9.78 Å². The van der Waals surface area contributed by atoms with Gasteiger partial charge in [-0.1, -0.05) is 28.1 Å². The summed E-state index contributed by atoms with van der Waals surface area (Å²) in [6.45, 7) is 1.66. The molecule has 0 saturated heterocycles. The molecule has 1 atom stereocenters. The van der Waals surface area contributed by atoms with Gasteiger partial charge in [0.2, 0.25) is 0 Å². The van der Waals surface area contributed by atoms with Crippen molar-refractivity contribution >= 4 is 28.1 Å². The highest BCUT2D eigenvalue weighted by Gasteiger charge is 2.13. The first-order valence-corrected chi connectivity index (χ1v) is 7.09. The second-order valence-corrected chi connectivity index (χ2v) is 5.15. The van der Waals surface area contributed by atoms with E-state index >= 15 is 0 Å². The van der Waals surface area contributed by atoms with Gasteiger partial charge < -0.3 is 4.74 Å². The number of carbonyl (C=O) groups is 1. The molecule has 1 aromatic carbocycles. The lowest BCUT2D eigenvalue weighted by Crippen LogP contribution is -2.33. The zero-order valence-corrected chi connectivity index (χ0v) is 12.9. The van der Waals surface area contributed by atoms with Crippen molar-refractivity contribution < 1.29 is 9.53 Å². The molecule has 0 unspecified atom stereocenters. The third kappa shape index (κ3) is 5.00. The minimum absolute atomic E-state index is 0.324. The highest BCUT2D eigenvalue weighted by Crippen LogP contribution is 2.18. The largest absolute Gasteiger partial charge is 0.481 e. The fourth-order valence-corrected chi connectivity index (χ4v) is 1.89. The lowest BCUT2D eigenvalue weighted by molar-refractivity contribution is -0.127. The minimum atomic E-state index is -0.648. The number of rotatable bonds is 5. The average Bonchev–Trinajstić information content (AvgIpc) is 2.48. The lowest BCUT2D eigenvalue weighted by Gasteiger charge is -2.12. The Kier molecular flexibility index (Phi) is 5.45. The summed E-state index contributed by atoms with van der Waals surface area (Å²) in [6.07, 6.45) is 4.20. The van der Waals surface area contributed by atoms with E-state index in [1.807, 2.05) is 18.2 Å². The number of nitrogens with zero attached hydrogens (tertiary/aromatic N) is 2. The van der Waals surface area contributed by atoms with Crippen molar-refractivity contribution in [2.45, 2.75) is 13.0 Å². The molecule has 2 aromatic rings. The summed E-state index contributed by atoms with van der Waals surface area (Å²) in [4.78, 5) is 15.8. The van der Waals surface area contributed by atoms with Crippen LogP contribution in [0.5, 0.6) is 5.75 Å². The standard InChI is InChI=1S/C15H14BrN3O2/c1-11(21-14-6-2-5-13(16)8-14)15(20)19-18-10-12-4-3-7-17-9-12/h2-11H,1H3,(H,19,20)/b18-10-/t11-/m0/s1. The summed E-state index contributed by atoms with van der Waals surface area (Å²) in [5, 5.41) is 3.87. The summed E-state index contributed by atoms with van der Waals surface area (Å²) in [7, 11) is 0. The third-order valence-corrected chi connectivity index (χ3v) is 3.04. The van der Waals surface area contributed by atoms with E-state index in [4.69, 9.17) is 4.74 Å². The molecule has 0 bridgehead atoms. The van der Waals surface area contributed by atoms with Crippen LogP contribution in [0, 0.1) is 0 Å². The maximum atomic E-state index is 11.8. The van der Waals surface area contributed by atoms with E-state index in [0.717, 1.165) is 10.0 Å². The Morgan fingerprint density at radius 1 is 1.43 bits per heavy atom. The molecule has 0 fully saturated rings. The molecule has 0 radical (unpaired) electrons. The van der Waals surface area contributed by atoms with Crippen LogP contribution in [0.1, 0.15) is 12.5 Å². The number of ether oxygens (including phenoxy) is 1. The summed E-state index contributed by atoms with van der Waals surface area (Å²) in [5.74, 6) is 0.290. The van der Waals surface area contributed by atoms with Crippen molar-refractivity contribution in [1.29, 1.82) is 0 Å². The van der Waals surface area contributed by atoms with Crippen molar-refractivity contribution in [3.05, 3.63) is 58.8 Å². The van der Waals surface area contributed by atoms with Crippen LogP contribution in [0.25, 0.3) is 0 Å². The predicted octanol–water partition coefficient (Wildman–Crippen LogP) is 2.76. The zero-order chi connectivity index (χ0) is 15.1. The molecule has 2 rings (SSSR count). The molecule has 0 aliphatic heterocycles. The molecule has 108 valence electrons. The van der Waals surface area contributed by atoms with Gasteiger partial charge in [-0.15, -0.1) is 0 Å². The third-order valence-electron chi connectivity index (χ3n) is 2.55. The second-order valence-electron chi connectivity index (χ2n) is 4.24. The van der Waals surface area contributed by atoms with Crippen LogP contribution in [0.2, 0.25) is 0 Å². The van der Waals surface area contributed by atoms with Gasteiger partial charge in [0.15, 0.2) is 6.10 Å². The molecule has 0 saturated carbocycles. The van der Waals surface area contributed by atoms with Crippen LogP contribution in [0.15, 0.2) is 58.4 Å². The van der Waals surface area contributed by atoms with Crippen LogP contribution < -0.4 is 10.2 Å². The molecule has 1 N–H and O–H groups in total. The van der Waals surface area contributed by atoms with Crippen LogP contribution in [-0.4, -0.2) is 23.2 Å². The molecule has 0 aliphatic rings. The highest BCUT2D eigenvalue weighted by molar-refractivity contribution is 9.10. The van der Waals surface area contributed by atoms with E-state index in [-0.39, 0.29) is 5.91 Å². The first-order chi connectivity index (χ1) is 10.1. The average molecular weight is 348 g/mol. The highest BCUT2D eigenvalue weighted by atomic mass is 79.9. The number of carbonyl (C=O) groups excluding carboxylic acids is 1. The van der Waals surface area contributed by atoms with Crippen LogP contribution in [-0.2, 0) is 4.79 Å². The smallest absolute Gasteiger partial charge is 0.280 e. The maximum Gasteiger partial charge on any atom is 0.280 e. The normalized spacial score (nSPS) is 12.1. The number of aromatic nitrogens is 1. The molecule has 5 nitrogen and oxygen atoms in total. The number of hydrogen-bond donors (Lipinski definition) is 1. The van der Waals surface area contributed by atoms with Crippen molar-refractivity contribution in [3.63, 3.8) is 0 Å². The quantitative estimate of drug-likeness (QED) is 0.668. The Morgan fingerprint density at radius 2 is 2.29 bits per heavy atom. The molecular weight excluding hydrogens is 334 g/mol. The van der Waals surface area contributed by atoms with E-state index in [1.165, 1.54) is 6.21 Å². The number of benzene rings is 1. The monoisotopic (exact) mass is 347 g/mol. The number of pyridine rings is 1. The molecule has 0 aliphatic carbocycles. The fourth-order valence-electron chi connectivity index (χ4n) is 1.51. The Morgan fingerprint density at radius 3 is 3.00 bits per heavy atom. The Hall–Kier alpha value is -2.21. The van der Waals surface area contributed by atoms with Crippen molar-refractivity contribution in [2.24, 2.45) is 5.10 Å². The number of hydrazone groups is 1. The summed E-state index contributed by atoms with van der Waals surface area (Å²) in [6, 6.07) is 10.9. The van der Waals surface area contributed by atoms with Gasteiger partial charge in [0.1, 0.15) is 5.75 Å². The molecule has 21 heavy (non-hydrogen) atoms.